The van der Waals surface area contributed by atoms with Gasteiger partial charge in [0, 0.05) is 25.7 Å². The van der Waals surface area contributed by atoms with Crippen LogP contribution in [0.3, 0.4) is 0 Å². The van der Waals surface area contributed by atoms with Gasteiger partial charge in [0.05, 0.1) is 19.3 Å². The normalized spacial score (nSPS) is 29.5. The highest BCUT2D eigenvalue weighted by Gasteiger charge is 2.39. The van der Waals surface area contributed by atoms with Gasteiger partial charge in [-0.05, 0) is 61.0 Å². The minimum atomic E-state index is -0.198. The monoisotopic (exact) mass is 377 g/mol. The molecule has 4 nitrogen and oxygen atoms in total. The number of morpholine rings is 1. The highest BCUT2D eigenvalue weighted by molar-refractivity contribution is 7.80. The van der Waals surface area contributed by atoms with Crippen molar-refractivity contribution >= 4 is 17.3 Å². The number of benzene rings is 1. The topological polar surface area (TPSA) is 36.5 Å². The molecule has 0 spiro atoms. The Morgan fingerprint density at radius 2 is 1.96 bits per heavy atom. The van der Waals surface area contributed by atoms with Crippen LogP contribution in [-0.2, 0) is 4.74 Å². The lowest BCUT2D eigenvalue weighted by Gasteiger charge is -2.35. The Bertz CT molecular complexity index is 620. The van der Waals surface area contributed by atoms with Crippen molar-refractivity contribution < 1.29 is 9.13 Å². The van der Waals surface area contributed by atoms with E-state index in [0.29, 0.717) is 6.04 Å². The van der Waals surface area contributed by atoms with Gasteiger partial charge in [0.15, 0.2) is 5.11 Å². The van der Waals surface area contributed by atoms with Gasteiger partial charge in [-0.1, -0.05) is 18.6 Å². The van der Waals surface area contributed by atoms with Gasteiger partial charge in [0.1, 0.15) is 5.82 Å². The molecule has 2 bridgehead atoms. The molecule has 2 saturated carbocycles. The molecule has 0 radical (unpaired) electrons. The van der Waals surface area contributed by atoms with Crippen molar-refractivity contribution in [2.75, 3.05) is 32.8 Å². The first-order valence-corrected chi connectivity index (χ1v) is 10.2. The summed E-state index contributed by atoms with van der Waals surface area (Å²) in [4.78, 5) is 2.39. The van der Waals surface area contributed by atoms with Crippen LogP contribution in [0.2, 0.25) is 0 Å². The van der Waals surface area contributed by atoms with Crippen LogP contribution in [0.15, 0.2) is 24.3 Å². The van der Waals surface area contributed by atoms with E-state index in [-0.39, 0.29) is 11.9 Å². The van der Waals surface area contributed by atoms with Crippen molar-refractivity contribution in [2.24, 2.45) is 11.8 Å². The van der Waals surface area contributed by atoms with E-state index in [9.17, 15) is 4.39 Å². The highest BCUT2D eigenvalue weighted by atomic mass is 32.1. The summed E-state index contributed by atoms with van der Waals surface area (Å²) in [7, 11) is 0. The summed E-state index contributed by atoms with van der Waals surface area (Å²) >= 11 is 5.57. The maximum atomic E-state index is 13.3. The zero-order valence-corrected chi connectivity index (χ0v) is 15.9. The molecule has 1 heterocycles. The molecule has 1 aromatic rings. The summed E-state index contributed by atoms with van der Waals surface area (Å²) in [5.41, 5.74) is 1.11. The molecule has 4 rings (SSSR count). The Morgan fingerprint density at radius 1 is 1.19 bits per heavy atom. The average Bonchev–Trinajstić information content (AvgIpc) is 3.27. The van der Waals surface area contributed by atoms with Crippen molar-refractivity contribution in [3.63, 3.8) is 0 Å². The van der Waals surface area contributed by atoms with Crippen molar-refractivity contribution in [2.45, 2.75) is 37.8 Å². The number of thiocarbonyl (C=S) groups is 1. The Labute approximate surface area is 160 Å². The number of hydrogen-bond acceptors (Lipinski definition) is 3. The summed E-state index contributed by atoms with van der Waals surface area (Å²) in [6, 6.07) is 7.54. The molecular weight excluding hydrogens is 349 g/mol. The number of nitrogens with zero attached hydrogens (tertiary/aromatic N) is 1. The van der Waals surface area contributed by atoms with E-state index >= 15 is 0 Å². The number of rotatable bonds is 5. The quantitative estimate of drug-likeness (QED) is 0.772. The van der Waals surface area contributed by atoms with Crippen LogP contribution < -0.4 is 10.6 Å². The molecule has 0 unspecified atom stereocenters. The highest BCUT2D eigenvalue weighted by Crippen LogP contribution is 2.44. The van der Waals surface area contributed by atoms with Gasteiger partial charge in [0.25, 0.3) is 0 Å². The van der Waals surface area contributed by atoms with E-state index in [2.05, 4.69) is 15.5 Å². The predicted molar refractivity (Wildman–Crippen MR) is 105 cm³/mol. The lowest BCUT2D eigenvalue weighted by atomic mass is 9.95. The van der Waals surface area contributed by atoms with E-state index in [1.54, 1.807) is 0 Å². The fourth-order valence-electron chi connectivity index (χ4n) is 4.86. The number of halogens is 1. The van der Waals surface area contributed by atoms with E-state index in [4.69, 9.17) is 17.0 Å². The first-order valence-electron chi connectivity index (χ1n) is 9.80. The minimum Gasteiger partial charge on any atom is -0.379 e. The maximum Gasteiger partial charge on any atom is 0.166 e. The second kappa shape index (κ2) is 8.19. The molecule has 1 aromatic carbocycles. The molecule has 3 aliphatic rings. The zero-order valence-electron chi connectivity index (χ0n) is 15.1. The van der Waals surface area contributed by atoms with Crippen LogP contribution in [-0.4, -0.2) is 48.9 Å². The van der Waals surface area contributed by atoms with E-state index in [1.165, 1.54) is 37.8 Å². The Kier molecular flexibility index (Phi) is 5.72. The third kappa shape index (κ3) is 4.18. The second-order valence-electron chi connectivity index (χ2n) is 7.85. The summed E-state index contributed by atoms with van der Waals surface area (Å²) in [5.74, 6) is 1.50. The summed E-state index contributed by atoms with van der Waals surface area (Å²) in [6.07, 6.45) is 5.37. The molecule has 2 N–H and O–H groups in total. The molecule has 142 valence electrons. The molecule has 26 heavy (non-hydrogen) atoms. The fraction of sp³-hybridized carbons (Fsp3) is 0.650. The van der Waals surface area contributed by atoms with Crippen molar-refractivity contribution in [3.8, 4) is 0 Å². The molecule has 1 aliphatic heterocycles. The van der Waals surface area contributed by atoms with E-state index in [0.717, 1.165) is 55.4 Å². The zero-order chi connectivity index (χ0) is 17.9. The lowest BCUT2D eigenvalue weighted by Crippen LogP contribution is -2.48. The van der Waals surface area contributed by atoms with Gasteiger partial charge in [0.2, 0.25) is 0 Å². The first kappa shape index (κ1) is 18.1. The summed E-state index contributed by atoms with van der Waals surface area (Å²) in [5, 5.41) is 7.72. The third-order valence-electron chi connectivity index (χ3n) is 6.25. The van der Waals surface area contributed by atoms with Crippen LogP contribution in [0, 0.1) is 17.7 Å². The van der Waals surface area contributed by atoms with Gasteiger partial charge in [-0.25, -0.2) is 4.39 Å². The van der Waals surface area contributed by atoms with Crippen LogP contribution in [0.5, 0.6) is 0 Å². The number of ether oxygens (including phenoxy) is 1. The van der Waals surface area contributed by atoms with Crippen molar-refractivity contribution in [3.05, 3.63) is 35.6 Å². The second-order valence-corrected chi connectivity index (χ2v) is 8.26. The number of fused-ring (bicyclic) bond motifs is 2. The Balaban J connectivity index is 1.36. The van der Waals surface area contributed by atoms with Crippen LogP contribution in [0.4, 0.5) is 4.39 Å². The van der Waals surface area contributed by atoms with E-state index < -0.39 is 0 Å². The standard InChI is InChI=1S/C20H28FN3OS/c21-17-5-3-15(4-6-17)19(24-7-9-25-10-8-24)13-22-20(26)23-18-12-14-1-2-16(18)11-14/h3-6,14,16,18-19H,1-2,7-13H2,(H2,22,23,26)/t14-,16-,18+,19-/m0/s1. The predicted octanol–water partition coefficient (Wildman–Crippen LogP) is 2.85. The smallest absolute Gasteiger partial charge is 0.166 e. The molecule has 6 heteroatoms. The SMILES string of the molecule is Fc1ccc([C@H](CNC(=S)N[C@@H]2C[C@H]3CC[C@H]2C3)N2CCOCC2)cc1. The first-order chi connectivity index (χ1) is 12.7. The third-order valence-corrected chi connectivity index (χ3v) is 6.51. The number of hydrogen-bond donors (Lipinski definition) is 2. The number of nitrogens with one attached hydrogen (secondary N) is 2. The van der Waals surface area contributed by atoms with Gasteiger partial charge < -0.3 is 15.4 Å². The molecule has 0 amide bonds. The Hall–Kier alpha value is -1.24. The average molecular weight is 378 g/mol. The summed E-state index contributed by atoms with van der Waals surface area (Å²) in [6.45, 7) is 3.97. The maximum absolute atomic E-state index is 13.3. The van der Waals surface area contributed by atoms with Gasteiger partial charge in [-0.2, -0.15) is 0 Å². The van der Waals surface area contributed by atoms with Gasteiger partial charge in [-0.15, -0.1) is 0 Å². The largest absolute Gasteiger partial charge is 0.379 e. The lowest BCUT2D eigenvalue weighted by molar-refractivity contribution is 0.0170. The molecule has 1 saturated heterocycles. The van der Waals surface area contributed by atoms with Gasteiger partial charge in [-0.3, -0.25) is 4.90 Å². The summed E-state index contributed by atoms with van der Waals surface area (Å²) < 4.78 is 18.8. The molecule has 2 aliphatic carbocycles. The fourth-order valence-corrected chi connectivity index (χ4v) is 5.10. The van der Waals surface area contributed by atoms with Crippen molar-refractivity contribution in [1.29, 1.82) is 0 Å². The molecule has 4 atom stereocenters. The molecular formula is C20H28FN3OS. The Morgan fingerprint density at radius 3 is 2.62 bits per heavy atom. The van der Waals surface area contributed by atoms with Crippen LogP contribution >= 0.6 is 12.2 Å². The molecule has 0 aromatic heterocycles. The van der Waals surface area contributed by atoms with Crippen LogP contribution in [0.25, 0.3) is 0 Å². The van der Waals surface area contributed by atoms with E-state index in [1.807, 2.05) is 12.1 Å². The molecule has 3 fully saturated rings. The van der Waals surface area contributed by atoms with Gasteiger partial charge >= 0.3 is 0 Å². The van der Waals surface area contributed by atoms with Crippen LogP contribution in [0.1, 0.15) is 37.3 Å². The van der Waals surface area contributed by atoms with Crippen molar-refractivity contribution in [1.82, 2.24) is 15.5 Å². The minimum absolute atomic E-state index is 0.166.